The number of hydrogen-bond donors (Lipinski definition) is 1. The molecule has 3 heteroatoms. The summed E-state index contributed by atoms with van der Waals surface area (Å²) in [6.07, 6.45) is 7.15. The molecule has 0 saturated heterocycles. The lowest BCUT2D eigenvalue weighted by Crippen LogP contribution is -2.08. The SMILES string of the molecule is CCCCCCCS(=O)CCCN. The monoisotopic (exact) mass is 205 g/mol. The van der Waals surface area contributed by atoms with E-state index in [0.717, 1.165) is 24.3 Å². The lowest BCUT2D eigenvalue weighted by Gasteiger charge is -2.00. The summed E-state index contributed by atoms with van der Waals surface area (Å²) >= 11 is 0. The minimum atomic E-state index is -0.605. The molecule has 0 aliphatic heterocycles. The smallest absolute Gasteiger partial charge is 0.0246 e. The summed E-state index contributed by atoms with van der Waals surface area (Å²) in [5.41, 5.74) is 5.34. The second-order valence-electron chi connectivity index (χ2n) is 3.40. The molecule has 0 radical (unpaired) electrons. The predicted molar refractivity (Wildman–Crippen MR) is 60.3 cm³/mol. The van der Waals surface area contributed by atoms with Crippen molar-refractivity contribution >= 4 is 10.8 Å². The van der Waals surface area contributed by atoms with Crippen molar-refractivity contribution in [2.24, 2.45) is 5.73 Å². The second kappa shape index (κ2) is 10.2. The normalized spacial score (nSPS) is 13.1. The van der Waals surface area contributed by atoms with Gasteiger partial charge in [-0.05, 0) is 19.4 Å². The summed E-state index contributed by atoms with van der Waals surface area (Å²) in [7, 11) is -0.605. The number of rotatable bonds is 9. The van der Waals surface area contributed by atoms with Crippen molar-refractivity contribution in [3.63, 3.8) is 0 Å². The minimum Gasteiger partial charge on any atom is -0.330 e. The van der Waals surface area contributed by atoms with Crippen molar-refractivity contribution in [1.82, 2.24) is 0 Å². The molecule has 0 spiro atoms. The first-order chi connectivity index (χ1) is 6.31. The van der Waals surface area contributed by atoms with E-state index < -0.39 is 10.8 Å². The van der Waals surface area contributed by atoms with Crippen LogP contribution < -0.4 is 5.73 Å². The standard InChI is InChI=1S/C10H23NOS/c1-2-3-4-5-6-9-13(12)10-7-8-11/h2-11H2,1H3. The van der Waals surface area contributed by atoms with Crippen LogP contribution >= 0.6 is 0 Å². The number of unbranched alkanes of at least 4 members (excludes halogenated alkanes) is 4. The Morgan fingerprint density at radius 1 is 1.00 bits per heavy atom. The molecule has 1 atom stereocenters. The summed E-state index contributed by atoms with van der Waals surface area (Å²) in [6, 6.07) is 0. The van der Waals surface area contributed by atoms with Gasteiger partial charge in [0.15, 0.2) is 0 Å². The van der Waals surface area contributed by atoms with Crippen molar-refractivity contribution in [3.05, 3.63) is 0 Å². The maximum atomic E-state index is 11.3. The quantitative estimate of drug-likeness (QED) is 0.585. The summed E-state index contributed by atoms with van der Waals surface area (Å²) < 4.78 is 11.3. The average molecular weight is 205 g/mol. The van der Waals surface area contributed by atoms with Gasteiger partial charge in [0.1, 0.15) is 0 Å². The molecule has 0 amide bonds. The number of hydrogen-bond acceptors (Lipinski definition) is 2. The molecule has 2 nitrogen and oxygen atoms in total. The van der Waals surface area contributed by atoms with E-state index in [4.69, 9.17) is 5.73 Å². The van der Waals surface area contributed by atoms with Crippen molar-refractivity contribution in [2.75, 3.05) is 18.1 Å². The van der Waals surface area contributed by atoms with E-state index >= 15 is 0 Å². The van der Waals surface area contributed by atoms with Gasteiger partial charge in [0.25, 0.3) is 0 Å². The average Bonchev–Trinajstić information content (AvgIpc) is 2.14. The van der Waals surface area contributed by atoms with Gasteiger partial charge < -0.3 is 5.73 Å². The summed E-state index contributed by atoms with van der Waals surface area (Å²) in [5, 5.41) is 0. The van der Waals surface area contributed by atoms with E-state index in [1.807, 2.05) is 0 Å². The molecule has 2 N–H and O–H groups in total. The Hall–Kier alpha value is 0.110. The lowest BCUT2D eigenvalue weighted by atomic mass is 10.2. The van der Waals surface area contributed by atoms with Crippen LogP contribution in [0.15, 0.2) is 0 Å². The molecule has 0 aromatic carbocycles. The fourth-order valence-corrected chi connectivity index (χ4v) is 2.43. The van der Waals surface area contributed by atoms with E-state index in [-0.39, 0.29) is 0 Å². The van der Waals surface area contributed by atoms with Crippen LogP contribution in [0.25, 0.3) is 0 Å². The van der Waals surface area contributed by atoms with Crippen LogP contribution in [0.4, 0.5) is 0 Å². The first-order valence-corrected chi connectivity index (χ1v) is 6.85. The molecule has 0 aliphatic carbocycles. The fraction of sp³-hybridized carbons (Fsp3) is 1.00. The van der Waals surface area contributed by atoms with Gasteiger partial charge in [-0.25, -0.2) is 0 Å². The van der Waals surface area contributed by atoms with Gasteiger partial charge in [-0.15, -0.1) is 0 Å². The maximum Gasteiger partial charge on any atom is 0.0246 e. The maximum absolute atomic E-state index is 11.3. The Bertz CT molecular complexity index is 128. The molecule has 0 aromatic heterocycles. The predicted octanol–water partition coefficient (Wildman–Crippen LogP) is 2.05. The van der Waals surface area contributed by atoms with Gasteiger partial charge in [0, 0.05) is 22.3 Å². The zero-order valence-electron chi connectivity index (χ0n) is 8.76. The summed E-state index contributed by atoms with van der Waals surface area (Å²) in [6.45, 7) is 2.88. The van der Waals surface area contributed by atoms with E-state index in [9.17, 15) is 4.21 Å². The Morgan fingerprint density at radius 3 is 2.23 bits per heavy atom. The summed E-state index contributed by atoms with van der Waals surface area (Å²) in [4.78, 5) is 0. The molecule has 0 bridgehead atoms. The molecule has 0 aromatic rings. The van der Waals surface area contributed by atoms with Crippen molar-refractivity contribution < 1.29 is 4.21 Å². The molecule has 0 rings (SSSR count). The molecule has 0 fully saturated rings. The van der Waals surface area contributed by atoms with Crippen LogP contribution in [0.3, 0.4) is 0 Å². The summed E-state index contributed by atoms with van der Waals surface area (Å²) in [5.74, 6) is 1.67. The van der Waals surface area contributed by atoms with Gasteiger partial charge >= 0.3 is 0 Å². The molecule has 0 heterocycles. The van der Waals surface area contributed by atoms with E-state index in [2.05, 4.69) is 6.92 Å². The largest absolute Gasteiger partial charge is 0.330 e. The van der Waals surface area contributed by atoms with Crippen LogP contribution in [0.2, 0.25) is 0 Å². The van der Waals surface area contributed by atoms with E-state index in [1.54, 1.807) is 0 Å². The zero-order chi connectivity index (χ0) is 9.94. The van der Waals surface area contributed by atoms with Gasteiger partial charge in [-0.1, -0.05) is 32.6 Å². The topological polar surface area (TPSA) is 43.1 Å². The van der Waals surface area contributed by atoms with Crippen LogP contribution in [-0.4, -0.2) is 22.3 Å². The van der Waals surface area contributed by atoms with Gasteiger partial charge in [-0.2, -0.15) is 0 Å². The molecule has 0 saturated carbocycles. The van der Waals surface area contributed by atoms with Gasteiger partial charge in [0.2, 0.25) is 0 Å². The van der Waals surface area contributed by atoms with Crippen molar-refractivity contribution in [3.8, 4) is 0 Å². The zero-order valence-corrected chi connectivity index (χ0v) is 9.57. The molecular weight excluding hydrogens is 182 g/mol. The third-order valence-corrected chi connectivity index (χ3v) is 3.54. The molecule has 1 unspecified atom stereocenters. The molecular formula is C10H23NOS. The highest BCUT2D eigenvalue weighted by molar-refractivity contribution is 7.84. The fourth-order valence-electron chi connectivity index (χ4n) is 1.21. The third-order valence-electron chi connectivity index (χ3n) is 2.05. The van der Waals surface area contributed by atoms with Gasteiger partial charge in [0.05, 0.1) is 0 Å². The van der Waals surface area contributed by atoms with Crippen LogP contribution in [-0.2, 0) is 10.8 Å². The van der Waals surface area contributed by atoms with Crippen LogP contribution in [0.5, 0.6) is 0 Å². The highest BCUT2D eigenvalue weighted by Gasteiger charge is 1.98. The minimum absolute atomic E-state index is 0.605. The highest BCUT2D eigenvalue weighted by Crippen LogP contribution is 2.03. The Balaban J connectivity index is 3.08. The Morgan fingerprint density at radius 2 is 1.62 bits per heavy atom. The van der Waals surface area contributed by atoms with Gasteiger partial charge in [-0.3, -0.25) is 4.21 Å². The second-order valence-corrected chi connectivity index (χ2v) is 5.10. The van der Waals surface area contributed by atoms with Crippen molar-refractivity contribution in [1.29, 1.82) is 0 Å². The Kier molecular flexibility index (Phi) is 10.3. The first-order valence-electron chi connectivity index (χ1n) is 5.36. The highest BCUT2D eigenvalue weighted by atomic mass is 32.2. The third kappa shape index (κ3) is 10.0. The van der Waals surface area contributed by atoms with E-state index in [1.165, 1.54) is 25.7 Å². The molecule has 0 aliphatic rings. The van der Waals surface area contributed by atoms with Crippen LogP contribution in [0, 0.1) is 0 Å². The number of nitrogens with two attached hydrogens (primary N) is 1. The molecule has 13 heavy (non-hydrogen) atoms. The first kappa shape index (κ1) is 13.1. The van der Waals surface area contributed by atoms with E-state index in [0.29, 0.717) is 6.54 Å². The Labute approximate surface area is 84.7 Å². The lowest BCUT2D eigenvalue weighted by molar-refractivity contribution is 0.646. The van der Waals surface area contributed by atoms with Crippen molar-refractivity contribution in [2.45, 2.75) is 45.4 Å². The van der Waals surface area contributed by atoms with Crippen LogP contribution in [0.1, 0.15) is 45.4 Å². The molecule has 80 valence electrons.